The van der Waals surface area contributed by atoms with Crippen molar-refractivity contribution in [2.24, 2.45) is 7.05 Å². The second-order valence-corrected chi connectivity index (χ2v) is 6.39. The molecular weight excluding hydrogens is 304 g/mol. The monoisotopic (exact) mass is 328 g/mol. The fourth-order valence-corrected chi connectivity index (χ4v) is 3.24. The van der Waals surface area contributed by atoms with Crippen molar-refractivity contribution in [1.29, 1.82) is 0 Å². The van der Waals surface area contributed by atoms with Crippen molar-refractivity contribution >= 4 is 5.91 Å². The number of aromatic nitrogens is 1. The van der Waals surface area contributed by atoms with E-state index >= 15 is 0 Å². The second kappa shape index (κ2) is 6.69. The number of aliphatic hydroxyl groups is 1. The molecule has 0 aliphatic heterocycles. The van der Waals surface area contributed by atoms with Crippen molar-refractivity contribution in [2.75, 3.05) is 13.7 Å². The Balaban J connectivity index is 1.60. The number of para-hydroxylation sites is 1. The van der Waals surface area contributed by atoms with Crippen LogP contribution in [0.5, 0.6) is 5.75 Å². The van der Waals surface area contributed by atoms with Crippen LogP contribution in [0.15, 0.2) is 42.6 Å². The summed E-state index contributed by atoms with van der Waals surface area (Å²) in [6.07, 6.45) is 3.48. The van der Waals surface area contributed by atoms with E-state index in [0.29, 0.717) is 13.0 Å². The fraction of sp³-hybridized carbons (Fsp3) is 0.421. The largest absolute Gasteiger partial charge is 0.496 e. The first kappa shape index (κ1) is 16.6. The number of hydrogen-bond acceptors (Lipinski definition) is 3. The van der Waals surface area contributed by atoms with Gasteiger partial charge in [-0.1, -0.05) is 18.2 Å². The molecule has 1 heterocycles. The van der Waals surface area contributed by atoms with Gasteiger partial charge in [0, 0.05) is 31.0 Å². The maximum Gasteiger partial charge on any atom is 0.230 e. The van der Waals surface area contributed by atoms with Crippen LogP contribution in [0.1, 0.15) is 36.6 Å². The molecule has 1 aromatic heterocycles. The second-order valence-electron chi connectivity index (χ2n) is 6.39. The molecule has 1 saturated carbocycles. The Morgan fingerprint density at radius 3 is 2.71 bits per heavy atom. The molecule has 1 fully saturated rings. The Hall–Kier alpha value is -2.27. The zero-order valence-corrected chi connectivity index (χ0v) is 14.2. The number of carbonyl (C=O) groups is 1. The molecule has 0 saturated heterocycles. The Morgan fingerprint density at radius 1 is 1.33 bits per heavy atom. The van der Waals surface area contributed by atoms with Gasteiger partial charge in [0.25, 0.3) is 0 Å². The minimum absolute atomic E-state index is 0.0195. The molecular formula is C19H24N2O3. The molecule has 5 heteroatoms. The average molecular weight is 328 g/mol. The van der Waals surface area contributed by atoms with Gasteiger partial charge in [0.2, 0.25) is 5.91 Å². The highest BCUT2D eigenvalue weighted by molar-refractivity contribution is 5.92. The molecule has 1 atom stereocenters. The molecule has 2 aromatic rings. The summed E-state index contributed by atoms with van der Waals surface area (Å²) in [6.45, 7) is 0.447. The first-order valence-corrected chi connectivity index (χ1v) is 8.29. The summed E-state index contributed by atoms with van der Waals surface area (Å²) in [6, 6.07) is 11.5. The lowest BCUT2D eigenvalue weighted by molar-refractivity contribution is -0.123. The Bertz CT molecular complexity index is 719. The summed E-state index contributed by atoms with van der Waals surface area (Å²) >= 11 is 0. The predicted molar refractivity (Wildman–Crippen MR) is 91.9 cm³/mol. The van der Waals surface area contributed by atoms with Gasteiger partial charge in [-0.3, -0.25) is 4.79 Å². The lowest BCUT2D eigenvalue weighted by atomic mass is 9.94. The van der Waals surface area contributed by atoms with E-state index in [4.69, 9.17) is 4.74 Å². The maximum absolute atomic E-state index is 12.7. The summed E-state index contributed by atoms with van der Waals surface area (Å²) in [5.74, 6) is 0.778. The van der Waals surface area contributed by atoms with E-state index in [1.807, 2.05) is 54.2 Å². The van der Waals surface area contributed by atoms with Gasteiger partial charge in [-0.15, -0.1) is 0 Å². The number of aliphatic hydroxyl groups excluding tert-OH is 1. The van der Waals surface area contributed by atoms with Crippen LogP contribution in [0.4, 0.5) is 0 Å². The Morgan fingerprint density at radius 2 is 2.08 bits per heavy atom. The third-order valence-corrected chi connectivity index (χ3v) is 4.84. The molecule has 1 aromatic carbocycles. The molecule has 3 rings (SSSR count). The topological polar surface area (TPSA) is 63.5 Å². The minimum atomic E-state index is -0.577. The van der Waals surface area contributed by atoms with Crippen LogP contribution in [0.3, 0.4) is 0 Å². The van der Waals surface area contributed by atoms with E-state index in [1.165, 1.54) is 0 Å². The fourth-order valence-electron chi connectivity index (χ4n) is 3.24. The van der Waals surface area contributed by atoms with Crippen LogP contribution in [0, 0.1) is 0 Å². The minimum Gasteiger partial charge on any atom is -0.496 e. The standard InChI is InChI=1S/C19H24N2O3/c1-21-13-5-7-15(21)16(22)9-12-20-18(23)19(10-11-19)14-6-3-4-8-17(14)24-2/h3-8,13,16,22H,9-12H2,1-2H3,(H,20,23). The van der Waals surface area contributed by atoms with Crippen molar-refractivity contribution < 1.29 is 14.6 Å². The number of ether oxygens (including phenoxy) is 1. The zero-order valence-electron chi connectivity index (χ0n) is 14.2. The Labute approximate surface area is 142 Å². The number of methoxy groups -OCH3 is 1. The number of benzene rings is 1. The average Bonchev–Trinajstić information content (AvgIpc) is 3.30. The molecule has 1 unspecified atom stereocenters. The van der Waals surface area contributed by atoms with Gasteiger partial charge in [-0.05, 0) is 37.5 Å². The van der Waals surface area contributed by atoms with Gasteiger partial charge in [0.1, 0.15) is 5.75 Å². The SMILES string of the molecule is COc1ccccc1C1(C(=O)NCCC(O)c2cccn2C)CC1. The molecule has 0 spiro atoms. The molecule has 2 N–H and O–H groups in total. The third-order valence-electron chi connectivity index (χ3n) is 4.84. The lowest BCUT2D eigenvalue weighted by Crippen LogP contribution is -2.36. The number of nitrogens with zero attached hydrogens (tertiary/aromatic N) is 1. The van der Waals surface area contributed by atoms with Gasteiger partial charge < -0.3 is 19.7 Å². The number of nitrogens with one attached hydrogen (secondary N) is 1. The first-order chi connectivity index (χ1) is 11.6. The molecule has 24 heavy (non-hydrogen) atoms. The highest BCUT2D eigenvalue weighted by Crippen LogP contribution is 2.51. The van der Waals surface area contributed by atoms with E-state index in [2.05, 4.69) is 5.32 Å². The number of amides is 1. The molecule has 5 nitrogen and oxygen atoms in total. The van der Waals surface area contributed by atoms with Crippen molar-refractivity contribution in [3.8, 4) is 5.75 Å². The predicted octanol–water partition coefficient (Wildman–Crippen LogP) is 2.31. The molecule has 1 aliphatic rings. The highest BCUT2D eigenvalue weighted by Gasteiger charge is 2.52. The van der Waals surface area contributed by atoms with Crippen LogP contribution in [0.25, 0.3) is 0 Å². The van der Waals surface area contributed by atoms with Gasteiger partial charge in [-0.25, -0.2) is 0 Å². The van der Waals surface area contributed by atoms with Crippen molar-refractivity contribution in [3.05, 3.63) is 53.9 Å². The van der Waals surface area contributed by atoms with Gasteiger partial charge in [-0.2, -0.15) is 0 Å². The molecule has 1 aliphatic carbocycles. The normalized spacial score (nSPS) is 16.5. The van der Waals surface area contributed by atoms with E-state index in [-0.39, 0.29) is 5.91 Å². The van der Waals surface area contributed by atoms with Gasteiger partial charge in [0.05, 0.1) is 18.6 Å². The maximum atomic E-state index is 12.7. The number of carbonyl (C=O) groups excluding carboxylic acids is 1. The smallest absolute Gasteiger partial charge is 0.230 e. The van der Waals surface area contributed by atoms with Crippen LogP contribution in [-0.2, 0) is 17.3 Å². The Kier molecular flexibility index (Phi) is 4.62. The first-order valence-electron chi connectivity index (χ1n) is 8.29. The van der Waals surface area contributed by atoms with Crippen molar-refractivity contribution in [3.63, 3.8) is 0 Å². The van der Waals surface area contributed by atoms with E-state index < -0.39 is 11.5 Å². The number of hydrogen-bond donors (Lipinski definition) is 2. The summed E-state index contributed by atoms with van der Waals surface area (Å²) in [5, 5.41) is 13.2. The van der Waals surface area contributed by atoms with Gasteiger partial charge in [0.15, 0.2) is 0 Å². The van der Waals surface area contributed by atoms with Crippen LogP contribution < -0.4 is 10.1 Å². The van der Waals surface area contributed by atoms with Crippen LogP contribution in [-0.4, -0.2) is 29.2 Å². The summed E-state index contributed by atoms with van der Waals surface area (Å²) in [7, 11) is 3.53. The van der Waals surface area contributed by atoms with Crippen molar-refractivity contribution in [2.45, 2.75) is 30.8 Å². The van der Waals surface area contributed by atoms with Crippen LogP contribution in [0.2, 0.25) is 0 Å². The quantitative estimate of drug-likeness (QED) is 0.820. The van der Waals surface area contributed by atoms with Gasteiger partial charge >= 0.3 is 0 Å². The van der Waals surface area contributed by atoms with E-state index in [9.17, 15) is 9.90 Å². The summed E-state index contributed by atoms with van der Waals surface area (Å²) < 4.78 is 7.30. The molecule has 128 valence electrons. The molecule has 0 radical (unpaired) electrons. The highest BCUT2D eigenvalue weighted by atomic mass is 16.5. The van der Waals surface area contributed by atoms with E-state index in [1.54, 1.807) is 7.11 Å². The lowest BCUT2D eigenvalue weighted by Gasteiger charge is -2.19. The molecule has 0 bridgehead atoms. The summed E-state index contributed by atoms with van der Waals surface area (Å²) in [4.78, 5) is 12.7. The number of rotatable bonds is 7. The summed E-state index contributed by atoms with van der Waals surface area (Å²) in [5.41, 5.74) is 1.34. The zero-order chi connectivity index (χ0) is 17.2. The molecule has 1 amide bonds. The van der Waals surface area contributed by atoms with E-state index in [0.717, 1.165) is 29.8 Å². The number of aryl methyl sites for hydroxylation is 1. The third kappa shape index (κ3) is 3.04. The van der Waals surface area contributed by atoms with Crippen LogP contribution >= 0.6 is 0 Å². The van der Waals surface area contributed by atoms with Crippen molar-refractivity contribution in [1.82, 2.24) is 9.88 Å².